The first kappa shape index (κ1) is 26.9. The van der Waals surface area contributed by atoms with E-state index in [-0.39, 0.29) is 29.9 Å². The lowest BCUT2D eigenvalue weighted by atomic mass is 10.0. The molecule has 1 amide bonds. The molecule has 10 heteroatoms. The van der Waals surface area contributed by atoms with Crippen LogP contribution < -0.4 is 10.6 Å². The highest BCUT2D eigenvalue weighted by atomic mass is 127. The van der Waals surface area contributed by atoms with Gasteiger partial charge in [0.25, 0.3) is 5.91 Å². The van der Waals surface area contributed by atoms with Crippen molar-refractivity contribution in [2.24, 2.45) is 4.99 Å². The number of hydrogen-bond acceptors (Lipinski definition) is 3. The van der Waals surface area contributed by atoms with E-state index in [4.69, 9.17) is 4.74 Å². The van der Waals surface area contributed by atoms with Gasteiger partial charge < -0.3 is 20.3 Å². The molecule has 0 saturated carbocycles. The Morgan fingerprint density at radius 3 is 2.67 bits per heavy atom. The van der Waals surface area contributed by atoms with Crippen LogP contribution >= 0.6 is 24.0 Å². The minimum atomic E-state index is -4.39. The zero-order chi connectivity index (χ0) is 23.1. The van der Waals surface area contributed by atoms with Crippen LogP contribution in [0.3, 0.4) is 0 Å². The number of nitrogens with one attached hydrogen (secondary N) is 2. The van der Waals surface area contributed by atoms with E-state index in [9.17, 15) is 18.0 Å². The smallest absolute Gasteiger partial charge is 0.370 e. The van der Waals surface area contributed by atoms with Crippen molar-refractivity contribution >= 4 is 35.8 Å². The third kappa shape index (κ3) is 7.32. The van der Waals surface area contributed by atoms with Crippen LogP contribution in [-0.4, -0.2) is 57.1 Å². The maximum Gasteiger partial charge on any atom is 0.416 e. The van der Waals surface area contributed by atoms with Crippen LogP contribution in [0.4, 0.5) is 13.2 Å². The summed E-state index contributed by atoms with van der Waals surface area (Å²) in [6, 6.07) is 12.7. The van der Waals surface area contributed by atoms with Crippen molar-refractivity contribution in [1.82, 2.24) is 15.5 Å². The fraction of sp³-hybridized carbons (Fsp3) is 0.391. The molecule has 0 aromatic heterocycles. The maximum atomic E-state index is 13.1. The first-order valence-electron chi connectivity index (χ1n) is 10.4. The van der Waals surface area contributed by atoms with Gasteiger partial charge in [-0.3, -0.25) is 9.79 Å². The number of rotatable bonds is 5. The fourth-order valence-corrected chi connectivity index (χ4v) is 3.62. The van der Waals surface area contributed by atoms with E-state index in [1.165, 1.54) is 6.07 Å². The minimum Gasteiger partial charge on any atom is -0.370 e. The van der Waals surface area contributed by atoms with Gasteiger partial charge in [0, 0.05) is 32.7 Å². The molecule has 180 valence electrons. The topological polar surface area (TPSA) is 66.0 Å². The number of ether oxygens (including phenoxy) is 1. The lowest BCUT2D eigenvalue weighted by Crippen LogP contribution is -2.48. The summed E-state index contributed by atoms with van der Waals surface area (Å²) in [5, 5.41) is 5.91. The molecule has 0 spiro atoms. The molecule has 1 unspecified atom stereocenters. The van der Waals surface area contributed by atoms with Gasteiger partial charge in [-0.2, -0.15) is 13.2 Å². The van der Waals surface area contributed by atoms with Gasteiger partial charge in [-0.05, 0) is 41.8 Å². The Hall–Kier alpha value is -2.34. The number of carbonyl (C=O) groups excluding carboxylic acids is 1. The molecule has 2 aromatic carbocycles. The average Bonchev–Trinajstić information content (AvgIpc) is 2.81. The van der Waals surface area contributed by atoms with Crippen LogP contribution in [-0.2, 0) is 17.3 Å². The normalized spacial score (nSPS) is 16.7. The number of halogens is 4. The summed E-state index contributed by atoms with van der Waals surface area (Å²) in [5.74, 6) is 0.525. The zero-order valence-corrected chi connectivity index (χ0v) is 20.8. The Labute approximate surface area is 208 Å². The summed E-state index contributed by atoms with van der Waals surface area (Å²) >= 11 is 0. The van der Waals surface area contributed by atoms with Crippen LogP contribution in [0.25, 0.3) is 0 Å². The lowest BCUT2D eigenvalue weighted by Gasteiger charge is -2.35. The number of morpholine rings is 1. The summed E-state index contributed by atoms with van der Waals surface area (Å²) in [6.07, 6.45) is -4.18. The molecule has 33 heavy (non-hydrogen) atoms. The number of alkyl halides is 3. The quantitative estimate of drug-likeness (QED) is 0.323. The third-order valence-corrected chi connectivity index (χ3v) is 5.28. The first-order valence-corrected chi connectivity index (χ1v) is 10.4. The molecule has 0 bridgehead atoms. The molecule has 3 rings (SSSR count). The molecule has 1 atom stereocenters. The van der Waals surface area contributed by atoms with E-state index >= 15 is 0 Å². The highest BCUT2D eigenvalue weighted by Crippen LogP contribution is 2.32. The van der Waals surface area contributed by atoms with Gasteiger partial charge in [0.2, 0.25) is 0 Å². The van der Waals surface area contributed by atoms with Gasteiger partial charge in [-0.1, -0.05) is 24.3 Å². The Balaban J connectivity index is 0.00000385. The van der Waals surface area contributed by atoms with Gasteiger partial charge in [-0.15, -0.1) is 24.0 Å². The van der Waals surface area contributed by atoms with Crippen molar-refractivity contribution in [3.63, 3.8) is 0 Å². The predicted octanol–water partition coefficient (Wildman–Crippen LogP) is 3.87. The van der Waals surface area contributed by atoms with E-state index in [1.54, 1.807) is 26.2 Å². The Morgan fingerprint density at radius 1 is 1.21 bits per heavy atom. The second-order valence-corrected chi connectivity index (χ2v) is 7.43. The third-order valence-electron chi connectivity index (χ3n) is 5.28. The average molecular weight is 576 g/mol. The van der Waals surface area contributed by atoms with Crippen molar-refractivity contribution in [2.75, 3.05) is 40.3 Å². The highest BCUT2D eigenvalue weighted by Gasteiger charge is 2.32. The number of benzene rings is 2. The number of carbonyl (C=O) groups is 1. The molecule has 2 aromatic rings. The molecular weight excluding hydrogens is 548 g/mol. The highest BCUT2D eigenvalue weighted by molar-refractivity contribution is 14.0. The van der Waals surface area contributed by atoms with Crippen LogP contribution in [0.5, 0.6) is 0 Å². The van der Waals surface area contributed by atoms with E-state index < -0.39 is 17.8 Å². The summed E-state index contributed by atoms with van der Waals surface area (Å²) in [7, 11) is 3.26. The fourth-order valence-electron chi connectivity index (χ4n) is 3.62. The summed E-state index contributed by atoms with van der Waals surface area (Å²) in [6.45, 7) is 1.96. The monoisotopic (exact) mass is 576 g/mol. The van der Waals surface area contributed by atoms with Crippen LogP contribution in [0.15, 0.2) is 53.5 Å². The van der Waals surface area contributed by atoms with Crippen molar-refractivity contribution in [1.29, 1.82) is 0 Å². The molecule has 6 nitrogen and oxygen atoms in total. The second kappa shape index (κ2) is 12.2. The van der Waals surface area contributed by atoms with Gasteiger partial charge in [0.1, 0.15) is 6.10 Å². The predicted molar refractivity (Wildman–Crippen MR) is 132 cm³/mol. The number of amides is 1. The lowest BCUT2D eigenvalue weighted by molar-refractivity contribution is -0.137. The van der Waals surface area contributed by atoms with Crippen molar-refractivity contribution in [3.8, 4) is 0 Å². The van der Waals surface area contributed by atoms with Gasteiger partial charge in [-0.25, -0.2) is 0 Å². The SMILES string of the molecule is CN=C(NCCc1cccc(C(=O)NC)c1)N1CCOC(c2cccc(C(F)(F)F)c2)C1.I. The molecule has 1 aliphatic rings. The van der Waals surface area contributed by atoms with Crippen LogP contribution in [0, 0.1) is 0 Å². The summed E-state index contributed by atoms with van der Waals surface area (Å²) < 4.78 is 44.9. The molecular formula is C23H28F3IN4O2. The molecule has 1 heterocycles. The Morgan fingerprint density at radius 2 is 1.97 bits per heavy atom. The van der Waals surface area contributed by atoms with Crippen molar-refractivity contribution in [3.05, 3.63) is 70.8 Å². The van der Waals surface area contributed by atoms with E-state index in [0.717, 1.165) is 17.7 Å². The number of hydrogen-bond donors (Lipinski definition) is 2. The van der Waals surface area contributed by atoms with Crippen LogP contribution in [0.1, 0.15) is 33.2 Å². The Kier molecular flexibility index (Phi) is 9.96. The standard InChI is InChI=1S/C23H27F3N4O2.HI/c1-27-21(31)18-7-3-5-16(13-18)9-10-29-22(28-2)30-11-12-32-20(15-30)17-6-4-8-19(14-17)23(24,25)26;/h3-8,13-14,20H,9-12,15H2,1-2H3,(H,27,31)(H,28,29);1H. The number of aliphatic imine (C=N–C) groups is 1. The Bertz CT molecular complexity index is 969. The van der Waals surface area contributed by atoms with Crippen LogP contribution in [0.2, 0.25) is 0 Å². The molecule has 2 N–H and O–H groups in total. The maximum absolute atomic E-state index is 13.1. The molecule has 0 radical (unpaired) electrons. The number of guanidine groups is 1. The summed E-state index contributed by atoms with van der Waals surface area (Å²) in [4.78, 5) is 18.1. The molecule has 1 aliphatic heterocycles. The van der Waals surface area contributed by atoms with E-state index in [2.05, 4.69) is 15.6 Å². The number of nitrogens with zero attached hydrogens (tertiary/aromatic N) is 2. The zero-order valence-electron chi connectivity index (χ0n) is 18.5. The molecule has 0 aliphatic carbocycles. The molecule has 1 fully saturated rings. The molecule has 1 saturated heterocycles. The van der Waals surface area contributed by atoms with E-state index in [0.29, 0.717) is 49.7 Å². The van der Waals surface area contributed by atoms with Crippen molar-refractivity contribution < 1.29 is 22.7 Å². The first-order chi connectivity index (χ1) is 15.3. The van der Waals surface area contributed by atoms with Gasteiger partial charge >= 0.3 is 6.18 Å². The van der Waals surface area contributed by atoms with Gasteiger partial charge in [0.15, 0.2) is 5.96 Å². The summed E-state index contributed by atoms with van der Waals surface area (Å²) in [5.41, 5.74) is 1.42. The van der Waals surface area contributed by atoms with Crippen molar-refractivity contribution in [2.45, 2.75) is 18.7 Å². The largest absolute Gasteiger partial charge is 0.416 e. The minimum absolute atomic E-state index is 0. The van der Waals surface area contributed by atoms with E-state index in [1.807, 2.05) is 23.1 Å². The second-order valence-electron chi connectivity index (χ2n) is 7.43. The van der Waals surface area contributed by atoms with Gasteiger partial charge in [0.05, 0.1) is 18.7 Å².